The predicted octanol–water partition coefficient (Wildman–Crippen LogP) is 1.91. The first kappa shape index (κ1) is 3.92. The fourth-order valence-electron chi connectivity index (χ4n) is 3.35. The van der Waals surface area contributed by atoms with Crippen LogP contribution in [0, 0.1) is 29.6 Å². The number of hydrogen-bond donors (Lipinski definition) is 0. The molecule has 0 radical (unpaired) electrons. The molecule has 3 saturated carbocycles. The van der Waals surface area contributed by atoms with Crippen molar-refractivity contribution < 1.29 is 0 Å². The SMILES string of the molecule is CC1C2CC3CC1C32. The molecule has 0 nitrogen and oxygen atoms in total. The second-order valence-corrected chi connectivity index (χ2v) is 4.00. The minimum absolute atomic E-state index is 1.13. The molecule has 0 spiro atoms. The first-order valence-corrected chi connectivity index (χ1v) is 3.88. The Hall–Kier alpha value is 0. The van der Waals surface area contributed by atoms with Crippen LogP contribution in [-0.4, -0.2) is 0 Å². The van der Waals surface area contributed by atoms with Gasteiger partial charge in [0.25, 0.3) is 0 Å². The van der Waals surface area contributed by atoms with Gasteiger partial charge in [0.05, 0.1) is 0 Å². The number of rotatable bonds is 0. The van der Waals surface area contributed by atoms with E-state index in [1.165, 1.54) is 23.7 Å². The van der Waals surface area contributed by atoms with Crippen LogP contribution in [0.4, 0.5) is 0 Å². The summed E-state index contributed by atoms with van der Waals surface area (Å²) in [5.74, 6) is 6.02. The summed E-state index contributed by atoms with van der Waals surface area (Å²) in [6, 6.07) is 0. The van der Waals surface area contributed by atoms with Gasteiger partial charge in [-0.1, -0.05) is 6.92 Å². The quantitative estimate of drug-likeness (QED) is 0.444. The Morgan fingerprint density at radius 3 is 1.88 bits per heavy atom. The Labute approximate surface area is 50.3 Å². The van der Waals surface area contributed by atoms with Gasteiger partial charge in [-0.2, -0.15) is 0 Å². The van der Waals surface area contributed by atoms with Gasteiger partial charge in [0.15, 0.2) is 0 Å². The van der Waals surface area contributed by atoms with Crippen molar-refractivity contribution in [3.8, 4) is 0 Å². The Morgan fingerprint density at radius 2 is 1.75 bits per heavy atom. The lowest BCUT2D eigenvalue weighted by Crippen LogP contribution is -2.66. The monoisotopic (exact) mass is 108 g/mol. The van der Waals surface area contributed by atoms with Crippen LogP contribution in [0.1, 0.15) is 19.8 Å². The predicted molar refractivity (Wildman–Crippen MR) is 32.4 cm³/mol. The van der Waals surface area contributed by atoms with Crippen molar-refractivity contribution in [2.24, 2.45) is 29.6 Å². The van der Waals surface area contributed by atoms with E-state index in [-0.39, 0.29) is 0 Å². The second-order valence-electron chi connectivity index (χ2n) is 4.00. The van der Waals surface area contributed by atoms with Gasteiger partial charge in [-0.15, -0.1) is 0 Å². The maximum atomic E-state index is 2.45. The van der Waals surface area contributed by atoms with Gasteiger partial charge < -0.3 is 0 Å². The molecule has 0 aromatic rings. The van der Waals surface area contributed by atoms with Gasteiger partial charge in [0.2, 0.25) is 0 Å². The summed E-state index contributed by atoms with van der Waals surface area (Å²) in [5.41, 5.74) is 0. The maximum absolute atomic E-state index is 2.45. The Morgan fingerprint density at radius 1 is 1.12 bits per heavy atom. The summed E-state index contributed by atoms with van der Waals surface area (Å²) in [6.07, 6.45) is 3.20. The maximum Gasteiger partial charge on any atom is -0.0323 e. The molecular formula is C8H12. The minimum atomic E-state index is 1.13. The van der Waals surface area contributed by atoms with Crippen molar-refractivity contribution in [2.75, 3.05) is 0 Å². The first-order chi connectivity index (χ1) is 3.88. The molecule has 2 unspecified atom stereocenters. The van der Waals surface area contributed by atoms with Gasteiger partial charge in [0.1, 0.15) is 0 Å². The van der Waals surface area contributed by atoms with E-state index in [2.05, 4.69) is 6.92 Å². The Bertz CT molecular complexity index is 115. The van der Waals surface area contributed by atoms with E-state index in [0.29, 0.717) is 0 Å². The van der Waals surface area contributed by atoms with Crippen molar-refractivity contribution >= 4 is 0 Å². The summed E-state index contributed by atoms with van der Waals surface area (Å²) in [7, 11) is 0. The van der Waals surface area contributed by atoms with Crippen LogP contribution in [0.3, 0.4) is 0 Å². The van der Waals surface area contributed by atoms with Crippen LogP contribution in [0.2, 0.25) is 0 Å². The molecule has 0 saturated heterocycles. The summed E-state index contributed by atoms with van der Waals surface area (Å²) >= 11 is 0. The minimum Gasteiger partial charge on any atom is -0.0620 e. The molecule has 0 aromatic carbocycles. The van der Waals surface area contributed by atoms with Crippen LogP contribution >= 0.6 is 0 Å². The third-order valence-electron chi connectivity index (χ3n) is 4.03. The van der Waals surface area contributed by atoms with Crippen molar-refractivity contribution in [1.82, 2.24) is 0 Å². The lowest BCUT2D eigenvalue weighted by molar-refractivity contribution is -0.239. The zero-order chi connectivity index (χ0) is 5.30. The van der Waals surface area contributed by atoms with Gasteiger partial charge in [-0.3, -0.25) is 0 Å². The highest BCUT2D eigenvalue weighted by Gasteiger charge is 2.65. The fraction of sp³-hybridized carbons (Fsp3) is 1.00. The molecule has 44 valence electrons. The van der Waals surface area contributed by atoms with Crippen molar-refractivity contribution in [3.05, 3.63) is 0 Å². The van der Waals surface area contributed by atoms with Crippen molar-refractivity contribution in [2.45, 2.75) is 19.8 Å². The lowest BCUT2D eigenvalue weighted by Gasteiger charge is -2.72. The molecule has 0 N–H and O–H groups in total. The summed E-state index contributed by atoms with van der Waals surface area (Å²) < 4.78 is 0. The van der Waals surface area contributed by atoms with E-state index in [1.807, 2.05) is 0 Å². The molecule has 0 aromatic heterocycles. The zero-order valence-electron chi connectivity index (χ0n) is 5.30. The topological polar surface area (TPSA) is 0 Å². The molecule has 0 heterocycles. The normalized spacial score (nSPS) is 73.9. The molecule has 2 atom stereocenters. The second kappa shape index (κ2) is 0.872. The summed E-state index contributed by atoms with van der Waals surface area (Å²) in [5, 5.41) is 0. The molecule has 3 aliphatic rings. The largest absolute Gasteiger partial charge is 0.0620 e. The van der Waals surface area contributed by atoms with E-state index in [9.17, 15) is 0 Å². The first-order valence-electron chi connectivity index (χ1n) is 3.88. The van der Waals surface area contributed by atoms with Gasteiger partial charge in [0, 0.05) is 0 Å². The van der Waals surface area contributed by atoms with E-state index in [4.69, 9.17) is 0 Å². The molecular weight excluding hydrogens is 96.1 g/mol. The molecule has 0 heteroatoms. The molecule has 3 rings (SSSR count). The molecule has 0 bridgehead atoms. The van der Waals surface area contributed by atoms with Gasteiger partial charge in [-0.25, -0.2) is 0 Å². The zero-order valence-corrected chi connectivity index (χ0v) is 5.30. The third kappa shape index (κ3) is 0.191. The smallest absolute Gasteiger partial charge is 0.0323 e. The summed E-state index contributed by atoms with van der Waals surface area (Å²) in [6.45, 7) is 2.45. The van der Waals surface area contributed by atoms with E-state index in [1.54, 1.807) is 12.8 Å². The molecule has 8 heavy (non-hydrogen) atoms. The molecule has 3 fully saturated rings. The van der Waals surface area contributed by atoms with Crippen LogP contribution < -0.4 is 0 Å². The standard InChI is InChI=1S/C8H12/c1-4-6-2-5-3-7(4)8(5)6/h4-8H,2-3H2,1H3. The van der Waals surface area contributed by atoms with E-state index < -0.39 is 0 Å². The number of hydrogen-bond acceptors (Lipinski definition) is 0. The Balaban J connectivity index is 1.94. The Kier molecular flexibility index (Phi) is 0.427. The average Bonchev–Trinajstić information content (AvgIpc) is 1.74. The highest BCUT2D eigenvalue weighted by Crippen LogP contribution is 2.72. The van der Waals surface area contributed by atoms with Crippen LogP contribution in [0.25, 0.3) is 0 Å². The molecule has 0 aliphatic heterocycles. The van der Waals surface area contributed by atoms with E-state index >= 15 is 0 Å². The van der Waals surface area contributed by atoms with Crippen molar-refractivity contribution in [3.63, 3.8) is 0 Å². The fourth-order valence-corrected chi connectivity index (χ4v) is 3.35. The molecule has 3 aliphatic carbocycles. The van der Waals surface area contributed by atoms with Crippen molar-refractivity contribution in [1.29, 1.82) is 0 Å². The lowest BCUT2D eigenvalue weighted by atomic mass is 9.33. The van der Waals surface area contributed by atoms with E-state index in [0.717, 1.165) is 5.92 Å². The van der Waals surface area contributed by atoms with Gasteiger partial charge in [-0.05, 0) is 42.4 Å². The molecule has 0 amide bonds. The third-order valence-corrected chi connectivity index (χ3v) is 4.03. The highest BCUT2D eigenvalue weighted by molar-refractivity contribution is 5.14. The van der Waals surface area contributed by atoms with Crippen LogP contribution in [0.5, 0.6) is 0 Å². The van der Waals surface area contributed by atoms with Gasteiger partial charge >= 0.3 is 0 Å². The van der Waals surface area contributed by atoms with Crippen LogP contribution in [-0.2, 0) is 0 Å². The highest BCUT2D eigenvalue weighted by atomic mass is 14.7. The van der Waals surface area contributed by atoms with Crippen LogP contribution in [0.15, 0.2) is 0 Å². The average molecular weight is 108 g/mol. The summed E-state index contributed by atoms with van der Waals surface area (Å²) in [4.78, 5) is 0.